The number of halogens is 3. The average molecular weight is 575 g/mol. The molecular weight excluding hydrogens is 541 g/mol. The molecular formula is C28H33F3N6O4. The van der Waals surface area contributed by atoms with Gasteiger partial charge < -0.3 is 20.2 Å². The number of benzene rings is 1. The van der Waals surface area contributed by atoms with E-state index in [2.05, 4.69) is 15.3 Å². The highest BCUT2D eigenvalue weighted by Crippen LogP contribution is 2.31. The molecule has 0 bridgehead atoms. The number of imidazole rings is 1. The quantitative estimate of drug-likeness (QED) is 0.432. The third-order valence-corrected chi connectivity index (χ3v) is 7.81. The van der Waals surface area contributed by atoms with Crippen molar-refractivity contribution in [3.8, 4) is 0 Å². The number of likely N-dealkylation sites (tertiary alicyclic amines) is 2. The molecule has 220 valence electrons. The summed E-state index contributed by atoms with van der Waals surface area (Å²) in [5.74, 6) is -3.43. The summed E-state index contributed by atoms with van der Waals surface area (Å²) in [6.45, 7) is 3.70. The summed E-state index contributed by atoms with van der Waals surface area (Å²) in [7, 11) is 0. The van der Waals surface area contributed by atoms with Gasteiger partial charge >= 0.3 is 11.7 Å². The molecule has 10 nitrogen and oxygen atoms in total. The van der Waals surface area contributed by atoms with Crippen molar-refractivity contribution >= 4 is 23.1 Å². The van der Waals surface area contributed by atoms with Gasteiger partial charge in [0.05, 0.1) is 17.3 Å². The lowest BCUT2D eigenvalue weighted by atomic mass is 9.93. The number of H-pyrrole nitrogens is 1. The molecule has 4 heterocycles. The maximum absolute atomic E-state index is 14.6. The molecule has 2 aliphatic rings. The van der Waals surface area contributed by atoms with Crippen molar-refractivity contribution in [2.75, 3.05) is 26.2 Å². The van der Waals surface area contributed by atoms with Gasteiger partial charge in [-0.3, -0.25) is 14.3 Å². The third kappa shape index (κ3) is 6.09. The summed E-state index contributed by atoms with van der Waals surface area (Å²) >= 11 is 0. The van der Waals surface area contributed by atoms with Crippen LogP contribution in [0.4, 0.5) is 18.0 Å². The number of urea groups is 1. The van der Waals surface area contributed by atoms with Crippen LogP contribution in [0.25, 0.3) is 11.2 Å². The number of piperidine rings is 1. The Morgan fingerprint density at radius 2 is 1.88 bits per heavy atom. The Hall–Kier alpha value is -3.87. The summed E-state index contributed by atoms with van der Waals surface area (Å²) in [6.07, 6.45) is 2.41. The molecule has 2 unspecified atom stereocenters. The first kappa shape index (κ1) is 28.7. The first-order valence-electron chi connectivity index (χ1n) is 13.7. The van der Waals surface area contributed by atoms with E-state index in [0.29, 0.717) is 37.9 Å². The number of nitrogens with one attached hydrogen (secondary N) is 2. The Balaban J connectivity index is 1.28. The number of aromatic amines is 1. The zero-order chi connectivity index (χ0) is 29.5. The minimum Gasteiger partial charge on any atom is -0.389 e. The number of hydrogen-bond donors (Lipinski definition) is 3. The van der Waals surface area contributed by atoms with Gasteiger partial charge in [-0.2, -0.15) is 0 Å². The fraction of sp³-hybridized carbons (Fsp3) is 0.500. The molecule has 5 rings (SSSR count). The number of carbonyl (C=O) groups excluding carboxylic acids is 2. The zero-order valence-corrected chi connectivity index (χ0v) is 22.9. The van der Waals surface area contributed by atoms with Gasteiger partial charge in [-0.1, -0.05) is 12.1 Å². The Labute approximate surface area is 234 Å². The Morgan fingerprint density at radius 1 is 1.15 bits per heavy atom. The van der Waals surface area contributed by atoms with Crippen LogP contribution in [0.1, 0.15) is 57.1 Å². The molecule has 3 N–H and O–H groups in total. The number of β-amino-alcohol motifs (C(OH)–C–C–N with tert-alkyl or cyclic N) is 1. The molecule has 41 heavy (non-hydrogen) atoms. The van der Waals surface area contributed by atoms with E-state index in [0.717, 1.165) is 12.3 Å². The van der Waals surface area contributed by atoms with E-state index in [9.17, 15) is 32.7 Å². The van der Waals surface area contributed by atoms with E-state index >= 15 is 0 Å². The Bertz CT molecular complexity index is 1510. The fourth-order valence-electron chi connectivity index (χ4n) is 5.90. The van der Waals surface area contributed by atoms with Crippen LogP contribution in [0, 0.1) is 17.5 Å². The van der Waals surface area contributed by atoms with E-state index in [1.165, 1.54) is 27.7 Å². The van der Waals surface area contributed by atoms with Crippen LogP contribution in [0.5, 0.6) is 0 Å². The average Bonchev–Trinajstić information content (AvgIpc) is 3.17. The highest BCUT2D eigenvalue weighted by Gasteiger charge is 2.37. The molecule has 2 atom stereocenters. The molecule has 2 aromatic heterocycles. The smallest absolute Gasteiger partial charge is 0.327 e. The molecule has 0 radical (unpaired) electrons. The number of nitrogens with zero attached hydrogens (tertiary/aromatic N) is 4. The normalized spacial score (nSPS) is 20.9. The predicted octanol–water partition coefficient (Wildman–Crippen LogP) is 3.03. The van der Waals surface area contributed by atoms with Crippen LogP contribution in [0.3, 0.4) is 0 Å². The SMILES string of the molecule is CC(C)(O)CN1CC(c2cccc(F)c2F)CCC(NC(=O)N2CCC(n3c(=O)[nH]c4ncc(F)cc43)CC2)C1=O. The maximum atomic E-state index is 14.6. The molecule has 2 aliphatic heterocycles. The summed E-state index contributed by atoms with van der Waals surface area (Å²) in [5, 5.41) is 13.2. The van der Waals surface area contributed by atoms with E-state index in [4.69, 9.17) is 0 Å². The van der Waals surface area contributed by atoms with Gasteiger partial charge in [-0.15, -0.1) is 0 Å². The van der Waals surface area contributed by atoms with Crippen molar-refractivity contribution in [1.82, 2.24) is 29.7 Å². The number of amides is 3. The Kier molecular flexibility index (Phi) is 7.82. The topological polar surface area (TPSA) is 124 Å². The summed E-state index contributed by atoms with van der Waals surface area (Å²) in [5.41, 5.74) is -0.856. The van der Waals surface area contributed by atoms with Crippen molar-refractivity contribution in [1.29, 1.82) is 0 Å². The minimum atomic E-state index is -1.25. The van der Waals surface area contributed by atoms with Gasteiger partial charge in [0, 0.05) is 44.2 Å². The molecule has 0 aliphatic carbocycles. The van der Waals surface area contributed by atoms with Gasteiger partial charge in [-0.05, 0) is 51.2 Å². The molecule has 3 aromatic rings. The summed E-state index contributed by atoms with van der Waals surface area (Å²) < 4.78 is 43.9. The first-order valence-corrected chi connectivity index (χ1v) is 13.7. The monoisotopic (exact) mass is 574 g/mol. The van der Waals surface area contributed by atoms with E-state index in [-0.39, 0.29) is 36.8 Å². The van der Waals surface area contributed by atoms with Gasteiger partial charge in [0.2, 0.25) is 5.91 Å². The minimum absolute atomic E-state index is 0.0497. The lowest BCUT2D eigenvalue weighted by molar-refractivity contribution is -0.135. The van der Waals surface area contributed by atoms with Crippen LogP contribution >= 0.6 is 0 Å². The van der Waals surface area contributed by atoms with Gasteiger partial charge in [-0.25, -0.2) is 27.7 Å². The second kappa shape index (κ2) is 11.2. The van der Waals surface area contributed by atoms with Crippen molar-refractivity contribution in [3.63, 3.8) is 0 Å². The number of hydrogen-bond acceptors (Lipinski definition) is 5. The largest absolute Gasteiger partial charge is 0.389 e. The van der Waals surface area contributed by atoms with Crippen molar-refractivity contribution in [3.05, 3.63) is 64.0 Å². The standard InChI is InChI=1S/C28H33F3N6O4/c1-28(2,41)15-36-14-16(19-4-3-5-20(30)23(19)31)6-7-21(25(36)38)33-26(39)35-10-8-18(9-11-35)37-22-12-17(29)13-32-24(22)34-27(37)40/h3-5,12-13,16,18,21,41H,6-11,14-15H2,1-2H3,(H,33,39)(H,32,34,40). The molecule has 13 heteroatoms. The van der Waals surface area contributed by atoms with Crippen molar-refractivity contribution in [2.45, 2.75) is 63.1 Å². The third-order valence-electron chi connectivity index (χ3n) is 7.81. The number of carbonyl (C=O) groups is 2. The van der Waals surface area contributed by atoms with Gasteiger partial charge in [0.15, 0.2) is 17.3 Å². The van der Waals surface area contributed by atoms with E-state index in [1.54, 1.807) is 18.7 Å². The van der Waals surface area contributed by atoms with Crippen LogP contribution < -0.4 is 11.0 Å². The molecule has 2 fully saturated rings. The number of aliphatic hydroxyl groups is 1. The molecule has 2 saturated heterocycles. The van der Waals surface area contributed by atoms with Crippen molar-refractivity contribution < 1.29 is 27.9 Å². The zero-order valence-electron chi connectivity index (χ0n) is 22.9. The second-order valence-electron chi connectivity index (χ2n) is 11.5. The van der Waals surface area contributed by atoms with Gasteiger partial charge in [0.1, 0.15) is 11.9 Å². The first-order chi connectivity index (χ1) is 19.4. The predicted molar refractivity (Wildman–Crippen MR) is 144 cm³/mol. The Morgan fingerprint density at radius 3 is 2.59 bits per heavy atom. The van der Waals surface area contributed by atoms with Crippen LogP contribution in [-0.4, -0.2) is 79.2 Å². The van der Waals surface area contributed by atoms with Crippen LogP contribution in [0.2, 0.25) is 0 Å². The molecule has 0 saturated carbocycles. The highest BCUT2D eigenvalue weighted by molar-refractivity contribution is 5.87. The summed E-state index contributed by atoms with van der Waals surface area (Å²) in [6, 6.07) is 3.54. The number of pyridine rings is 1. The van der Waals surface area contributed by atoms with Crippen molar-refractivity contribution in [2.24, 2.45) is 0 Å². The van der Waals surface area contributed by atoms with Gasteiger partial charge in [0.25, 0.3) is 0 Å². The second-order valence-corrected chi connectivity index (χ2v) is 11.5. The van der Waals surface area contributed by atoms with Crippen LogP contribution in [-0.2, 0) is 4.79 Å². The lowest BCUT2D eigenvalue weighted by Gasteiger charge is -2.34. The maximum Gasteiger partial charge on any atom is 0.327 e. The summed E-state index contributed by atoms with van der Waals surface area (Å²) in [4.78, 5) is 48.8. The van der Waals surface area contributed by atoms with E-state index < -0.39 is 52.6 Å². The molecule has 3 amide bonds. The fourth-order valence-corrected chi connectivity index (χ4v) is 5.90. The van der Waals surface area contributed by atoms with E-state index in [1.807, 2.05) is 0 Å². The lowest BCUT2D eigenvalue weighted by Crippen LogP contribution is -2.54. The highest BCUT2D eigenvalue weighted by atomic mass is 19.2. The molecule has 1 aromatic carbocycles. The number of fused-ring (bicyclic) bond motifs is 1. The number of aromatic nitrogens is 3. The number of rotatable bonds is 5. The van der Waals surface area contributed by atoms with Crippen LogP contribution in [0.15, 0.2) is 35.3 Å². The molecule has 0 spiro atoms.